The number of aryl methyl sites for hydroxylation is 1. The Morgan fingerprint density at radius 2 is 0.879 bits per heavy atom. The molecule has 0 bridgehead atoms. The van der Waals surface area contributed by atoms with Crippen LogP contribution in [-0.4, -0.2) is 181 Å². The fourth-order valence-corrected chi connectivity index (χ4v) is 17.3. The van der Waals surface area contributed by atoms with Gasteiger partial charge in [-0.2, -0.15) is 0 Å². The highest BCUT2D eigenvalue weighted by Crippen LogP contribution is 2.47. The van der Waals surface area contributed by atoms with Gasteiger partial charge in [0.2, 0.25) is 20.0 Å². The third-order valence-corrected chi connectivity index (χ3v) is 24.2. The van der Waals surface area contributed by atoms with Crippen LogP contribution in [0.15, 0.2) is 110 Å². The van der Waals surface area contributed by atoms with E-state index in [1.807, 2.05) is 60.7 Å². The number of Topliss-reactive ketones (excluding diaryl/α,β-unsaturated/α-hetero) is 1. The Bertz CT molecular complexity index is 4740. The molecule has 9 aromatic rings. The van der Waals surface area contributed by atoms with E-state index in [1.165, 1.54) is 124 Å². The summed E-state index contributed by atoms with van der Waals surface area (Å²) in [7, 11) is -8.07. The molecule has 3 saturated carbocycles. The number of methoxy groups -OCH3 is 1. The van der Waals surface area contributed by atoms with Gasteiger partial charge in [0.1, 0.15) is 64.9 Å². The third kappa shape index (κ3) is 16.5. The van der Waals surface area contributed by atoms with E-state index in [9.17, 15) is 25.8 Å². The molecule has 6 aliphatic rings. The molecule has 1 unspecified atom stereocenters. The van der Waals surface area contributed by atoms with E-state index >= 15 is 0 Å². The molecule has 99 heavy (non-hydrogen) atoms. The maximum absolute atomic E-state index is 12.1. The SMILES string of the molecule is CC(=O)CS(=O)(=O)NCc1cccc(-c2cn(C3CC(CN4CCC4)C3)c3ncnc(N)c23)c1.COCCS(=O)(=O)NCc1cccc(-c2cn(C3CC(CN4CCC4)C3)c3ncnc(N)c23)c1.CS(=N)(=O)CCc1cccc(-c2cn(C3CC(CN4CCC4)C3)c3ncnc(N)c23)c1. The molecule has 3 aromatic carbocycles. The predicted molar refractivity (Wildman–Crippen MR) is 390 cm³/mol. The largest absolute Gasteiger partial charge is 0.384 e. The number of anilines is 3. The van der Waals surface area contributed by atoms with Crippen LogP contribution in [-0.2, 0) is 58.8 Å². The Morgan fingerprint density at radius 1 is 0.525 bits per heavy atom. The first-order valence-corrected chi connectivity index (χ1v) is 40.0. The number of ketones is 1. The average molecular weight is 1410 g/mol. The summed E-state index contributed by atoms with van der Waals surface area (Å²) in [4.78, 5) is 45.3. The van der Waals surface area contributed by atoms with Crippen LogP contribution in [0.3, 0.4) is 0 Å². The van der Waals surface area contributed by atoms with Crippen molar-refractivity contribution in [1.82, 2.24) is 67.7 Å². The van der Waals surface area contributed by atoms with Crippen LogP contribution in [0.2, 0.25) is 0 Å². The van der Waals surface area contributed by atoms with Crippen LogP contribution in [0.5, 0.6) is 0 Å². The number of nitrogens with two attached hydrogens (primary N) is 3. The van der Waals surface area contributed by atoms with E-state index in [4.69, 9.17) is 26.7 Å². The van der Waals surface area contributed by atoms with E-state index in [2.05, 4.69) is 98.5 Å². The van der Waals surface area contributed by atoms with Gasteiger partial charge in [-0.1, -0.05) is 60.7 Å². The van der Waals surface area contributed by atoms with Crippen LogP contribution < -0.4 is 26.6 Å². The number of carbonyl (C=O) groups excluding carboxylic acids is 1. The normalized spacial score (nSPS) is 21.6. The Hall–Kier alpha value is -7.80. The zero-order valence-electron chi connectivity index (χ0n) is 56.7. The number of fused-ring (bicyclic) bond motifs is 3. The maximum atomic E-state index is 12.1. The first-order chi connectivity index (χ1) is 47.6. The minimum absolute atomic E-state index is 0.0648. The fraction of sp³-hybridized carbons (Fsp3) is 0.479. The van der Waals surface area contributed by atoms with Crippen molar-refractivity contribution in [2.45, 2.75) is 102 Å². The van der Waals surface area contributed by atoms with E-state index in [0.717, 1.165) is 127 Å². The number of nitrogen functional groups attached to an aromatic ring is 3. The molecule has 9 heterocycles. The van der Waals surface area contributed by atoms with Gasteiger partial charge in [-0.05, 0) is 174 Å². The van der Waals surface area contributed by atoms with Crippen molar-refractivity contribution in [1.29, 1.82) is 4.78 Å². The third-order valence-electron chi connectivity index (χ3n) is 20.6. The number of ether oxygens (including phenoxy) is 1. The van der Waals surface area contributed by atoms with Crippen molar-refractivity contribution in [2.24, 2.45) is 17.8 Å². The Morgan fingerprint density at radius 3 is 1.21 bits per heavy atom. The minimum atomic E-state index is -3.66. The topological polar surface area (TPSA) is 339 Å². The van der Waals surface area contributed by atoms with Crippen LogP contribution in [0.25, 0.3) is 66.5 Å². The Kier molecular flexibility index (Phi) is 21.0. The van der Waals surface area contributed by atoms with Crippen molar-refractivity contribution in [3.8, 4) is 33.4 Å². The zero-order chi connectivity index (χ0) is 69.2. The highest BCUT2D eigenvalue weighted by atomic mass is 32.2. The predicted octanol–water partition coefficient (Wildman–Crippen LogP) is 8.31. The summed E-state index contributed by atoms with van der Waals surface area (Å²) in [5.41, 5.74) is 30.2. The molecule has 25 nitrogen and oxygen atoms in total. The lowest BCUT2D eigenvalue weighted by molar-refractivity contribution is -0.114. The number of nitrogens with one attached hydrogen (secondary N) is 3. The van der Waals surface area contributed by atoms with Gasteiger partial charge >= 0.3 is 0 Å². The summed E-state index contributed by atoms with van der Waals surface area (Å²) in [6.45, 7) is 12.8. The molecule has 1 atom stereocenters. The molecule has 3 aliphatic heterocycles. The van der Waals surface area contributed by atoms with Gasteiger partial charge in [0.25, 0.3) is 0 Å². The van der Waals surface area contributed by atoms with Crippen molar-refractivity contribution in [2.75, 3.05) is 113 Å². The summed E-state index contributed by atoms with van der Waals surface area (Å²) in [5.74, 6) is 3.00. The molecule has 3 aliphatic carbocycles. The molecule has 0 spiro atoms. The highest BCUT2D eigenvalue weighted by molar-refractivity contribution is 7.91. The number of hydrogen-bond donors (Lipinski definition) is 6. The number of benzene rings is 3. The molecule has 6 aromatic heterocycles. The summed E-state index contributed by atoms with van der Waals surface area (Å²) < 4.78 is 84.7. The zero-order valence-corrected chi connectivity index (χ0v) is 59.2. The summed E-state index contributed by atoms with van der Waals surface area (Å²) in [6, 6.07) is 25.0. The van der Waals surface area contributed by atoms with Gasteiger partial charge in [0.05, 0.1) is 28.5 Å². The molecular weight excluding hydrogens is 1310 g/mol. The van der Waals surface area contributed by atoms with E-state index in [1.54, 1.807) is 6.33 Å². The van der Waals surface area contributed by atoms with Crippen LogP contribution >= 0.6 is 0 Å². The lowest BCUT2D eigenvalue weighted by Gasteiger charge is -2.42. The van der Waals surface area contributed by atoms with Gasteiger partial charge in [-0.25, -0.2) is 56.2 Å². The molecule has 0 amide bonds. The standard InChI is InChI=1S/C24H30N6O3S.C24H32N6O3S.C23H30N6OS/c1-16(31)14-34(32,33)28-11-17-4-2-5-19(8-17)21-13-30(24-22(21)23(25)26-15-27-24)20-9-18(10-20)12-29-6-3-7-29;1-33-8-9-34(31,32)28-13-17-4-2-5-19(10-17)21-15-30(24-22(21)23(25)26-16-27-24)20-11-18(12-20)14-29-6-3-7-29;1-31(25,30)9-6-16-4-2-5-18(10-16)20-14-29(23-21(20)22(24)26-15-27-23)19-11-17(12-19)13-28-7-3-8-28/h2,4-5,8,13,15,18,20,28H,3,6-7,9-12,14H2,1H3,(H2,25,26,27);2,4-5,10,15-16,18,20,28H,3,6-9,11-14H2,1H3,(H2,25,26,27);2,4-5,10,14-15,17,19,25H,3,6-9,11-13H2,1H3,(H2,24,26,27). The summed E-state index contributed by atoms with van der Waals surface area (Å²) >= 11 is 0. The quantitative estimate of drug-likeness (QED) is 0.0297. The van der Waals surface area contributed by atoms with E-state index < -0.39 is 41.3 Å². The van der Waals surface area contributed by atoms with Gasteiger partial charge in [0, 0.05) is 115 Å². The number of carbonyl (C=O) groups is 1. The number of likely N-dealkylation sites (tertiary alicyclic amines) is 3. The second kappa shape index (κ2) is 29.8. The highest BCUT2D eigenvalue weighted by Gasteiger charge is 2.38. The van der Waals surface area contributed by atoms with Gasteiger partial charge < -0.3 is 50.3 Å². The van der Waals surface area contributed by atoms with Gasteiger partial charge in [-0.3, -0.25) is 13.8 Å². The van der Waals surface area contributed by atoms with E-state index in [0.29, 0.717) is 47.8 Å². The number of aromatic nitrogens is 9. The summed E-state index contributed by atoms with van der Waals surface area (Å²) in [6.07, 6.45) is 24.0. The fourth-order valence-electron chi connectivity index (χ4n) is 14.7. The molecule has 6 fully saturated rings. The maximum Gasteiger partial charge on any atom is 0.219 e. The average Bonchev–Trinajstić information content (AvgIpc) is 1.61. The molecule has 526 valence electrons. The Balaban J connectivity index is 0.000000134. The number of sulfonamides is 2. The number of rotatable bonds is 26. The molecular formula is C71H92N18O7S3. The second-order valence-corrected chi connectivity index (χ2v) is 34.3. The first-order valence-electron chi connectivity index (χ1n) is 34.5. The van der Waals surface area contributed by atoms with Crippen molar-refractivity contribution < 1.29 is 30.6 Å². The molecule has 28 heteroatoms. The monoisotopic (exact) mass is 1400 g/mol. The molecule has 3 saturated heterocycles. The second-order valence-electron chi connectivity index (χ2n) is 28.1. The lowest BCUT2D eigenvalue weighted by Crippen LogP contribution is -2.43. The van der Waals surface area contributed by atoms with Crippen molar-refractivity contribution >= 4 is 86.1 Å². The van der Waals surface area contributed by atoms with Crippen molar-refractivity contribution in [3.63, 3.8) is 0 Å². The molecule has 15 rings (SSSR count). The number of hydrogen-bond acceptors (Lipinski definition) is 20. The van der Waals surface area contributed by atoms with Crippen LogP contribution in [0, 0.1) is 22.5 Å². The lowest BCUT2D eigenvalue weighted by atomic mass is 9.79. The van der Waals surface area contributed by atoms with Crippen LogP contribution in [0.1, 0.15) is 99.5 Å². The minimum Gasteiger partial charge on any atom is -0.384 e. The summed E-state index contributed by atoms with van der Waals surface area (Å²) in [5, 5.41) is 2.58. The van der Waals surface area contributed by atoms with Crippen LogP contribution in [0.4, 0.5) is 17.5 Å². The van der Waals surface area contributed by atoms with Gasteiger partial charge in [-0.15, -0.1) is 0 Å². The Labute approximate surface area is 579 Å². The van der Waals surface area contributed by atoms with Gasteiger partial charge in [0.15, 0.2) is 0 Å². The first kappa shape index (κ1) is 69.7. The van der Waals surface area contributed by atoms with E-state index in [-0.39, 0.29) is 25.4 Å². The number of nitrogens with zero attached hydrogens (tertiary/aromatic N) is 12. The van der Waals surface area contributed by atoms with Crippen molar-refractivity contribution in [3.05, 3.63) is 127 Å². The molecule has 0 radical (unpaired) electrons. The molecule has 9 N–H and O–H groups in total. The smallest absolute Gasteiger partial charge is 0.219 e.